The highest BCUT2D eigenvalue weighted by molar-refractivity contribution is 6.30. The van der Waals surface area contributed by atoms with Gasteiger partial charge in [-0.15, -0.1) is 0 Å². The van der Waals surface area contributed by atoms with Crippen LogP contribution in [0, 0.1) is 24.2 Å². The van der Waals surface area contributed by atoms with Crippen LogP contribution in [0.4, 0.5) is 5.69 Å². The first-order valence-corrected chi connectivity index (χ1v) is 7.99. The van der Waals surface area contributed by atoms with Crippen LogP contribution in [0.15, 0.2) is 48.5 Å². The van der Waals surface area contributed by atoms with Crippen molar-refractivity contribution in [3.63, 3.8) is 0 Å². The zero-order valence-electron chi connectivity index (χ0n) is 12.9. The van der Waals surface area contributed by atoms with E-state index in [4.69, 9.17) is 16.9 Å². The van der Waals surface area contributed by atoms with Crippen LogP contribution < -0.4 is 4.90 Å². The monoisotopic (exact) mass is 324 g/mol. The highest BCUT2D eigenvalue weighted by Gasteiger charge is 2.46. The molecule has 2 aromatic rings. The Balaban J connectivity index is 1.80. The van der Waals surface area contributed by atoms with Crippen molar-refractivity contribution < 1.29 is 4.79 Å². The Morgan fingerprint density at radius 3 is 2.61 bits per heavy atom. The summed E-state index contributed by atoms with van der Waals surface area (Å²) in [4.78, 5) is 14.4. The van der Waals surface area contributed by atoms with Gasteiger partial charge in [-0.05, 0) is 54.7 Å². The van der Waals surface area contributed by atoms with Crippen LogP contribution in [0.25, 0.3) is 0 Å². The maximum atomic E-state index is 12.8. The Labute approximate surface area is 141 Å². The summed E-state index contributed by atoms with van der Waals surface area (Å²) in [7, 11) is 0. The number of amides is 1. The number of nitriles is 1. The average Bonchev–Trinajstić information content (AvgIpc) is 3.34. The molecule has 3 rings (SSSR count). The second kappa shape index (κ2) is 6.44. The van der Waals surface area contributed by atoms with Gasteiger partial charge in [-0.2, -0.15) is 5.26 Å². The maximum Gasteiger partial charge on any atom is 0.231 e. The second-order valence-corrected chi connectivity index (χ2v) is 6.30. The topological polar surface area (TPSA) is 44.1 Å². The molecule has 0 N–H and O–H groups in total. The number of benzene rings is 2. The average molecular weight is 325 g/mol. The highest BCUT2D eigenvalue weighted by atomic mass is 35.5. The largest absolute Gasteiger partial charge is 0.298 e. The number of aryl methyl sites for hydroxylation is 1. The summed E-state index contributed by atoms with van der Waals surface area (Å²) in [6.45, 7) is 2.12. The third-order valence-corrected chi connectivity index (χ3v) is 4.58. The number of hydrogen-bond donors (Lipinski definition) is 0. The number of rotatable bonds is 4. The first-order valence-electron chi connectivity index (χ1n) is 7.61. The van der Waals surface area contributed by atoms with Gasteiger partial charge in [0.2, 0.25) is 5.91 Å². The van der Waals surface area contributed by atoms with E-state index in [9.17, 15) is 4.79 Å². The van der Waals surface area contributed by atoms with E-state index < -0.39 is 0 Å². The van der Waals surface area contributed by atoms with Crippen LogP contribution in [-0.2, 0) is 4.79 Å². The van der Waals surface area contributed by atoms with Crippen molar-refractivity contribution >= 4 is 23.2 Å². The summed E-state index contributed by atoms with van der Waals surface area (Å²) in [5.41, 5.74) is 3.17. The molecule has 0 heterocycles. The van der Waals surface area contributed by atoms with Crippen molar-refractivity contribution in [1.82, 2.24) is 0 Å². The lowest BCUT2D eigenvalue weighted by Crippen LogP contribution is -2.33. The van der Waals surface area contributed by atoms with E-state index in [2.05, 4.69) is 25.1 Å². The summed E-state index contributed by atoms with van der Waals surface area (Å²) in [5, 5.41) is 9.67. The fraction of sp³-hybridized carbons (Fsp3) is 0.263. The van der Waals surface area contributed by atoms with Gasteiger partial charge in [0.25, 0.3) is 0 Å². The molecule has 0 saturated heterocycles. The Kier molecular flexibility index (Phi) is 4.36. The molecule has 2 atom stereocenters. The Morgan fingerprint density at radius 1 is 1.26 bits per heavy atom. The molecule has 23 heavy (non-hydrogen) atoms. The number of nitrogens with zero attached hydrogens (tertiary/aromatic N) is 2. The lowest BCUT2D eigenvalue weighted by atomic mass is 10.0. The number of anilines is 1. The molecule has 1 amide bonds. The van der Waals surface area contributed by atoms with E-state index in [1.165, 1.54) is 11.1 Å². The third kappa shape index (κ3) is 3.23. The lowest BCUT2D eigenvalue weighted by Gasteiger charge is -2.20. The van der Waals surface area contributed by atoms with Crippen molar-refractivity contribution in [3.05, 3.63) is 64.7 Å². The second-order valence-electron chi connectivity index (χ2n) is 5.86. The van der Waals surface area contributed by atoms with E-state index in [0.29, 0.717) is 5.02 Å². The first kappa shape index (κ1) is 15.6. The van der Waals surface area contributed by atoms with Gasteiger partial charge >= 0.3 is 0 Å². The molecule has 1 saturated carbocycles. The third-order valence-electron chi connectivity index (χ3n) is 4.33. The molecule has 0 bridgehead atoms. The summed E-state index contributed by atoms with van der Waals surface area (Å²) in [6, 6.07) is 17.3. The predicted octanol–water partition coefficient (Wildman–Crippen LogP) is 4.31. The molecule has 4 heteroatoms. The molecule has 0 unspecified atom stereocenters. The van der Waals surface area contributed by atoms with E-state index in [1.54, 1.807) is 29.2 Å². The summed E-state index contributed by atoms with van der Waals surface area (Å²) in [5.74, 6) is 0.236. The number of halogens is 1. The Bertz CT molecular complexity index is 764. The zero-order chi connectivity index (χ0) is 16.4. The van der Waals surface area contributed by atoms with Crippen LogP contribution >= 0.6 is 11.6 Å². The number of carbonyl (C=O) groups is 1. The minimum atomic E-state index is -0.0415. The van der Waals surface area contributed by atoms with Crippen LogP contribution in [0.3, 0.4) is 0 Å². The smallest absolute Gasteiger partial charge is 0.231 e. The molecular formula is C19H17ClN2O. The molecule has 2 aromatic carbocycles. The van der Waals surface area contributed by atoms with Gasteiger partial charge in [-0.1, -0.05) is 35.9 Å². The molecule has 1 aliphatic rings. The minimum absolute atomic E-state index is 0.0159. The van der Waals surface area contributed by atoms with Gasteiger partial charge < -0.3 is 0 Å². The molecule has 0 spiro atoms. The summed E-state index contributed by atoms with van der Waals surface area (Å²) in [6.07, 6.45) is 0.846. The molecule has 3 nitrogen and oxygen atoms in total. The Hall–Kier alpha value is -2.31. The molecular weight excluding hydrogens is 308 g/mol. The predicted molar refractivity (Wildman–Crippen MR) is 91.4 cm³/mol. The fourth-order valence-electron chi connectivity index (χ4n) is 3.00. The number of hydrogen-bond acceptors (Lipinski definition) is 2. The normalized spacial score (nSPS) is 19.0. The zero-order valence-corrected chi connectivity index (χ0v) is 13.6. The van der Waals surface area contributed by atoms with E-state index in [-0.39, 0.29) is 24.3 Å². The molecule has 116 valence electrons. The molecule has 0 aliphatic heterocycles. The Morgan fingerprint density at radius 2 is 1.96 bits per heavy atom. The van der Waals surface area contributed by atoms with Gasteiger partial charge in [-0.25, -0.2) is 0 Å². The first-order chi connectivity index (χ1) is 11.1. The molecule has 0 radical (unpaired) electrons. The quantitative estimate of drug-likeness (QED) is 0.787. The molecule has 1 fully saturated rings. The van der Waals surface area contributed by atoms with Crippen molar-refractivity contribution in [3.8, 4) is 6.07 Å². The van der Waals surface area contributed by atoms with E-state index in [1.807, 2.05) is 12.1 Å². The van der Waals surface area contributed by atoms with Gasteiger partial charge in [0.15, 0.2) is 0 Å². The fourth-order valence-corrected chi connectivity index (χ4v) is 3.13. The van der Waals surface area contributed by atoms with Crippen molar-refractivity contribution in [1.29, 1.82) is 5.26 Å². The summed E-state index contributed by atoms with van der Waals surface area (Å²) < 4.78 is 0. The van der Waals surface area contributed by atoms with Crippen LogP contribution in [0.1, 0.15) is 23.5 Å². The minimum Gasteiger partial charge on any atom is -0.298 e. The maximum absolute atomic E-state index is 12.8. The van der Waals surface area contributed by atoms with E-state index in [0.717, 1.165) is 12.1 Å². The SMILES string of the molecule is Cc1ccccc1[C@@H]1C[C@H]1C(=O)N(CC#N)c1ccc(Cl)cc1. The van der Waals surface area contributed by atoms with E-state index >= 15 is 0 Å². The summed E-state index contributed by atoms with van der Waals surface area (Å²) >= 11 is 5.90. The van der Waals surface area contributed by atoms with Crippen molar-refractivity contribution in [2.75, 3.05) is 11.4 Å². The van der Waals surface area contributed by atoms with Gasteiger partial charge in [0, 0.05) is 16.6 Å². The molecule has 0 aromatic heterocycles. The van der Waals surface area contributed by atoms with Gasteiger partial charge in [0.1, 0.15) is 6.54 Å². The van der Waals surface area contributed by atoms with Crippen molar-refractivity contribution in [2.45, 2.75) is 19.3 Å². The van der Waals surface area contributed by atoms with Crippen molar-refractivity contribution in [2.24, 2.45) is 5.92 Å². The standard InChI is InChI=1S/C19H17ClN2O/c1-13-4-2-3-5-16(13)17-12-18(17)19(23)22(11-10-21)15-8-6-14(20)7-9-15/h2-9,17-18H,11-12H2,1H3/t17-,18+/m0/s1. The van der Waals surface area contributed by atoms with Crippen LogP contribution in [0.2, 0.25) is 5.02 Å². The highest BCUT2D eigenvalue weighted by Crippen LogP contribution is 2.49. The van der Waals surface area contributed by atoms with Crippen LogP contribution in [-0.4, -0.2) is 12.5 Å². The van der Waals surface area contributed by atoms with Gasteiger partial charge in [-0.3, -0.25) is 9.69 Å². The van der Waals surface area contributed by atoms with Gasteiger partial charge in [0.05, 0.1) is 6.07 Å². The van der Waals surface area contributed by atoms with Crippen LogP contribution in [0.5, 0.6) is 0 Å². The number of carbonyl (C=O) groups excluding carboxylic acids is 1. The lowest BCUT2D eigenvalue weighted by molar-refractivity contribution is -0.119. The molecule has 1 aliphatic carbocycles.